The molecule has 0 radical (unpaired) electrons. The molecule has 1 saturated heterocycles. The smallest absolute Gasteiger partial charge is 0.101 e. The highest BCUT2D eigenvalue weighted by Crippen LogP contribution is 2.25. The highest BCUT2D eigenvalue weighted by atomic mass is 35.5. The standard InChI is InChI=1S/C19H17ClN4/c20-16-3-6-19(15(11-16)13-22)23-17-7-9-24(10-8-17)18-4-1-14(12-21)2-5-18/h1-6,11,17,23H,7-10H2. The second kappa shape index (κ2) is 7.25. The van der Waals surface area contributed by atoms with Crippen molar-refractivity contribution in [1.29, 1.82) is 10.5 Å². The van der Waals surface area contributed by atoms with Crippen molar-refractivity contribution in [2.45, 2.75) is 18.9 Å². The SMILES string of the molecule is N#Cc1ccc(N2CCC(Nc3ccc(Cl)cc3C#N)CC2)cc1. The van der Waals surface area contributed by atoms with Gasteiger partial charge in [-0.3, -0.25) is 0 Å². The highest BCUT2D eigenvalue weighted by Gasteiger charge is 2.20. The zero-order chi connectivity index (χ0) is 16.9. The molecule has 24 heavy (non-hydrogen) atoms. The Morgan fingerprint density at radius 1 is 1.00 bits per heavy atom. The Labute approximate surface area is 146 Å². The maximum Gasteiger partial charge on any atom is 0.101 e. The van der Waals surface area contributed by atoms with Crippen molar-refractivity contribution in [3.8, 4) is 12.1 Å². The molecule has 1 aliphatic heterocycles. The van der Waals surface area contributed by atoms with E-state index < -0.39 is 0 Å². The number of benzene rings is 2. The molecule has 0 spiro atoms. The van der Waals surface area contributed by atoms with Gasteiger partial charge in [0.15, 0.2) is 0 Å². The van der Waals surface area contributed by atoms with Crippen molar-refractivity contribution in [3.05, 3.63) is 58.6 Å². The van der Waals surface area contributed by atoms with Crippen molar-refractivity contribution in [2.75, 3.05) is 23.3 Å². The number of halogens is 1. The molecule has 1 N–H and O–H groups in total. The van der Waals surface area contributed by atoms with Crippen molar-refractivity contribution in [3.63, 3.8) is 0 Å². The molecule has 1 heterocycles. The third-order valence-corrected chi connectivity index (χ3v) is 4.55. The molecule has 1 aliphatic rings. The average molecular weight is 337 g/mol. The first kappa shape index (κ1) is 16.2. The van der Waals surface area contributed by atoms with E-state index in [1.165, 1.54) is 0 Å². The van der Waals surface area contributed by atoms with Crippen LogP contribution in [0.15, 0.2) is 42.5 Å². The molecule has 0 atom stereocenters. The minimum Gasteiger partial charge on any atom is -0.381 e. The molecule has 0 aromatic heterocycles. The van der Waals surface area contributed by atoms with Gasteiger partial charge >= 0.3 is 0 Å². The fourth-order valence-corrected chi connectivity index (χ4v) is 3.16. The lowest BCUT2D eigenvalue weighted by Gasteiger charge is -2.34. The summed E-state index contributed by atoms with van der Waals surface area (Å²) >= 11 is 5.94. The Morgan fingerprint density at radius 3 is 2.33 bits per heavy atom. The van der Waals surface area contributed by atoms with Crippen LogP contribution in [0.5, 0.6) is 0 Å². The lowest BCUT2D eigenvalue weighted by atomic mass is 10.0. The Morgan fingerprint density at radius 2 is 1.71 bits per heavy atom. The summed E-state index contributed by atoms with van der Waals surface area (Å²) in [6.07, 6.45) is 1.99. The zero-order valence-electron chi connectivity index (χ0n) is 13.2. The number of nitrogens with zero attached hydrogens (tertiary/aromatic N) is 3. The molecule has 3 rings (SSSR count). The van der Waals surface area contributed by atoms with Crippen LogP contribution in [0, 0.1) is 22.7 Å². The summed E-state index contributed by atoms with van der Waals surface area (Å²) in [6.45, 7) is 1.89. The maximum atomic E-state index is 9.23. The summed E-state index contributed by atoms with van der Waals surface area (Å²) in [6, 6.07) is 17.7. The van der Waals surface area contributed by atoms with Crippen molar-refractivity contribution in [2.24, 2.45) is 0 Å². The van der Waals surface area contributed by atoms with Crippen LogP contribution in [0.2, 0.25) is 5.02 Å². The van der Waals surface area contributed by atoms with Crippen molar-refractivity contribution < 1.29 is 0 Å². The first-order valence-corrected chi connectivity index (χ1v) is 8.28. The summed E-state index contributed by atoms with van der Waals surface area (Å²) < 4.78 is 0. The normalized spacial score (nSPS) is 14.7. The molecular formula is C19H17ClN4. The van der Waals surface area contributed by atoms with E-state index in [0.29, 0.717) is 22.2 Å². The number of hydrogen-bond donors (Lipinski definition) is 1. The van der Waals surface area contributed by atoms with E-state index >= 15 is 0 Å². The topological polar surface area (TPSA) is 62.9 Å². The van der Waals surface area contributed by atoms with E-state index in [0.717, 1.165) is 37.3 Å². The summed E-state index contributed by atoms with van der Waals surface area (Å²) in [7, 11) is 0. The third-order valence-electron chi connectivity index (χ3n) is 4.32. The van der Waals surface area contributed by atoms with Gasteiger partial charge in [-0.25, -0.2) is 0 Å². The van der Waals surface area contributed by atoms with Gasteiger partial charge in [-0.2, -0.15) is 10.5 Å². The molecule has 1 fully saturated rings. The number of hydrogen-bond acceptors (Lipinski definition) is 4. The van der Waals surface area contributed by atoms with Crippen LogP contribution in [0.4, 0.5) is 11.4 Å². The molecular weight excluding hydrogens is 320 g/mol. The highest BCUT2D eigenvalue weighted by molar-refractivity contribution is 6.30. The van der Waals surface area contributed by atoms with Gasteiger partial charge in [0.1, 0.15) is 6.07 Å². The van der Waals surface area contributed by atoms with Crippen molar-refractivity contribution >= 4 is 23.0 Å². The molecule has 2 aromatic carbocycles. The van der Waals surface area contributed by atoms with E-state index in [1.807, 2.05) is 30.3 Å². The lowest BCUT2D eigenvalue weighted by molar-refractivity contribution is 0.526. The van der Waals surface area contributed by atoms with Crippen molar-refractivity contribution in [1.82, 2.24) is 0 Å². The Balaban J connectivity index is 1.61. The molecule has 120 valence electrons. The summed E-state index contributed by atoms with van der Waals surface area (Å²) in [5, 5.41) is 22.1. The summed E-state index contributed by atoms with van der Waals surface area (Å²) in [4.78, 5) is 2.33. The number of nitrogens with one attached hydrogen (secondary N) is 1. The van der Waals surface area contributed by atoms with Crippen LogP contribution in [0.1, 0.15) is 24.0 Å². The predicted octanol–water partition coefficient (Wildman–Crippen LogP) is 4.16. The molecule has 0 saturated carbocycles. The molecule has 0 bridgehead atoms. The fourth-order valence-electron chi connectivity index (χ4n) is 2.98. The number of anilines is 2. The number of nitriles is 2. The number of rotatable bonds is 3. The zero-order valence-corrected chi connectivity index (χ0v) is 13.9. The second-order valence-electron chi connectivity index (χ2n) is 5.87. The molecule has 5 heteroatoms. The first-order valence-electron chi connectivity index (χ1n) is 7.91. The average Bonchev–Trinajstić information content (AvgIpc) is 2.64. The monoisotopic (exact) mass is 336 g/mol. The van der Waals surface area contributed by atoms with E-state index in [1.54, 1.807) is 12.1 Å². The van der Waals surface area contributed by atoms with Gasteiger partial charge in [0.2, 0.25) is 0 Å². The Bertz CT molecular complexity index is 794. The van der Waals surface area contributed by atoms with Gasteiger partial charge < -0.3 is 10.2 Å². The van der Waals surface area contributed by atoms with Gasteiger partial charge in [-0.05, 0) is 55.3 Å². The van der Waals surface area contributed by atoms with Gasteiger partial charge in [-0.1, -0.05) is 11.6 Å². The van der Waals surface area contributed by atoms with Crippen LogP contribution < -0.4 is 10.2 Å². The Hall–Kier alpha value is -2.69. The number of piperidine rings is 1. The van der Waals surface area contributed by atoms with Gasteiger partial charge in [0, 0.05) is 29.8 Å². The molecule has 4 nitrogen and oxygen atoms in total. The summed E-state index contributed by atoms with van der Waals surface area (Å²) in [5.74, 6) is 0. The fraction of sp³-hybridized carbons (Fsp3) is 0.263. The second-order valence-corrected chi connectivity index (χ2v) is 6.30. The van der Waals surface area contributed by atoms with E-state index in [2.05, 4.69) is 22.4 Å². The van der Waals surface area contributed by atoms with Gasteiger partial charge in [0.25, 0.3) is 0 Å². The summed E-state index contributed by atoms with van der Waals surface area (Å²) in [5.41, 5.74) is 3.26. The molecule has 0 unspecified atom stereocenters. The quantitative estimate of drug-likeness (QED) is 0.914. The van der Waals surface area contributed by atoms with Crippen LogP contribution in [-0.2, 0) is 0 Å². The lowest BCUT2D eigenvalue weighted by Crippen LogP contribution is -2.39. The van der Waals surface area contributed by atoms with Crippen LogP contribution in [0.3, 0.4) is 0 Å². The van der Waals surface area contributed by atoms with E-state index in [-0.39, 0.29) is 0 Å². The van der Waals surface area contributed by atoms with Crippen LogP contribution in [-0.4, -0.2) is 19.1 Å². The minimum absolute atomic E-state index is 0.341. The van der Waals surface area contributed by atoms with Gasteiger partial charge in [0.05, 0.1) is 22.9 Å². The maximum absolute atomic E-state index is 9.23. The molecule has 0 amide bonds. The first-order chi connectivity index (χ1) is 11.7. The van der Waals surface area contributed by atoms with E-state index in [9.17, 15) is 5.26 Å². The largest absolute Gasteiger partial charge is 0.381 e. The van der Waals surface area contributed by atoms with E-state index in [4.69, 9.17) is 16.9 Å². The Kier molecular flexibility index (Phi) is 4.89. The minimum atomic E-state index is 0.341. The van der Waals surface area contributed by atoms with Gasteiger partial charge in [-0.15, -0.1) is 0 Å². The third kappa shape index (κ3) is 3.62. The predicted molar refractivity (Wildman–Crippen MR) is 96.2 cm³/mol. The van der Waals surface area contributed by atoms with Crippen LogP contribution >= 0.6 is 11.6 Å². The molecule has 2 aromatic rings. The van der Waals surface area contributed by atoms with Crippen LogP contribution in [0.25, 0.3) is 0 Å². The molecule has 0 aliphatic carbocycles.